The van der Waals surface area contributed by atoms with Gasteiger partial charge in [0.2, 0.25) is 10.8 Å². The minimum Gasteiger partial charge on any atom is -0.492 e. The van der Waals surface area contributed by atoms with Crippen molar-refractivity contribution in [3.63, 3.8) is 0 Å². The molecule has 26 heavy (non-hydrogen) atoms. The van der Waals surface area contributed by atoms with E-state index in [-0.39, 0.29) is 11.9 Å². The molecule has 0 saturated carbocycles. The summed E-state index contributed by atoms with van der Waals surface area (Å²) in [6.07, 6.45) is 1.26. The van der Waals surface area contributed by atoms with Crippen molar-refractivity contribution in [3.05, 3.63) is 46.1 Å². The fraction of sp³-hybridized carbons (Fsp3) is 0.500. The van der Waals surface area contributed by atoms with Gasteiger partial charge in [0.1, 0.15) is 5.82 Å². The van der Waals surface area contributed by atoms with E-state index in [1.54, 1.807) is 15.9 Å². The number of piperidine rings is 1. The largest absolute Gasteiger partial charge is 0.492 e. The molecule has 1 saturated heterocycles. The third kappa shape index (κ3) is 3.01. The lowest BCUT2D eigenvalue weighted by Gasteiger charge is -2.40. The van der Waals surface area contributed by atoms with Crippen molar-refractivity contribution in [1.82, 2.24) is 19.5 Å². The summed E-state index contributed by atoms with van der Waals surface area (Å²) in [7, 11) is 0. The second-order valence-electron chi connectivity index (χ2n) is 7.80. The minimum absolute atomic E-state index is 0.0372. The molecular formula is C20H26N4OS. The van der Waals surface area contributed by atoms with Crippen molar-refractivity contribution in [2.75, 3.05) is 13.1 Å². The van der Waals surface area contributed by atoms with Crippen molar-refractivity contribution >= 4 is 16.3 Å². The van der Waals surface area contributed by atoms with Crippen LogP contribution >= 0.6 is 11.3 Å². The predicted octanol–water partition coefficient (Wildman–Crippen LogP) is 4.18. The van der Waals surface area contributed by atoms with Crippen molar-refractivity contribution in [3.8, 4) is 5.88 Å². The van der Waals surface area contributed by atoms with Crippen molar-refractivity contribution < 1.29 is 5.11 Å². The van der Waals surface area contributed by atoms with Crippen LogP contribution in [0.3, 0.4) is 0 Å². The average molecular weight is 371 g/mol. The number of benzene rings is 1. The molecule has 3 atom stereocenters. The van der Waals surface area contributed by atoms with Crippen LogP contribution in [0, 0.1) is 25.7 Å². The zero-order valence-electron chi connectivity index (χ0n) is 15.8. The number of aryl methyl sites for hydroxylation is 2. The molecule has 0 aliphatic carbocycles. The highest BCUT2D eigenvalue weighted by Crippen LogP contribution is 2.42. The van der Waals surface area contributed by atoms with Gasteiger partial charge in [0.15, 0.2) is 0 Å². The Morgan fingerprint density at radius 2 is 1.85 bits per heavy atom. The Morgan fingerprint density at radius 1 is 1.15 bits per heavy atom. The number of aromatic nitrogens is 3. The fourth-order valence-corrected chi connectivity index (χ4v) is 5.50. The summed E-state index contributed by atoms with van der Waals surface area (Å²) in [6.45, 7) is 10.7. The topological polar surface area (TPSA) is 53.7 Å². The first-order chi connectivity index (χ1) is 12.4. The number of likely N-dealkylation sites (tertiary alicyclic amines) is 1. The monoisotopic (exact) mass is 370 g/mol. The molecule has 4 rings (SSSR count). The summed E-state index contributed by atoms with van der Waals surface area (Å²) >= 11 is 1.55. The summed E-state index contributed by atoms with van der Waals surface area (Å²) in [4.78, 5) is 8.68. The second-order valence-corrected chi connectivity index (χ2v) is 8.81. The molecule has 3 heterocycles. The van der Waals surface area contributed by atoms with Gasteiger partial charge < -0.3 is 5.11 Å². The average Bonchev–Trinajstić information content (AvgIpc) is 3.07. The van der Waals surface area contributed by atoms with Crippen LogP contribution < -0.4 is 0 Å². The van der Waals surface area contributed by atoms with E-state index in [0.717, 1.165) is 22.9 Å². The van der Waals surface area contributed by atoms with Crippen LogP contribution in [0.15, 0.2) is 24.3 Å². The maximum atomic E-state index is 10.9. The molecule has 6 heteroatoms. The number of aromatic hydroxyl groups is 1. The van der Waals surface area contributed by atoms with E-state index in [4.69, 9.17) is 0 Å². The molecule has 0 bridgehead atoms. The molecule has 0 amide bonds. The molecule has 138 valence electrons. The van der Waals surface area contributed by atoms with Gasteiger partial charge in [-0.2, -0.15) is 4.52 Å². The number of hydrogen-bond donors (Lipinski definition) is 1. The zero-order chi connectivity index (χ0) is 18.4. The smallest absolute Gasteiger partial charge is 0.230 e. The molecule has 1 aromatic carbocycles. The quantitative estimate of drug-likeness (QED) is 0.751. The van der Waals surface area contributed by atoms with Crippen molar-refractivity contribution in [1.29, 1.82) is 0 Å². The van der Waals surface area contributed by atoms with Crippen LogP contribution in [-0.2, 0) is 0 Å². The van der Waals surface area contributed by atoms with Crippen LogP contribution in [0.5, 0.6) is 5.88 Å². The molecule has 1 fully saturated rings. The van der Waals surface area contributed by atoms with E-state index in [1.807, 2.05) is 6.92 Å². The summed E-state index contributed by atoms with van der Waals surface area (Å²) in [6, 6.07) is 8.53. The van der Waals surface area contributed by atoms with Gasteiger partial charge in [-0.1, -0.05) is 49.4 Å². The van der Waals surface area contributed by atoms with Gasteiger partial charge in [-0.15, -0.1) is 5.10 Å². The highest BCUT2D eigenvalue weighted by Gasteiger charge is 2.34. The Balaban J connectivity index is 1.85. The van der Waals surface area contributed by atoms with E-state index >= 15 is 0 Å². The first kappa shape index (κ1) is 17.5. The van der Waals surface area contributed by atoms with Gasteiger partial charge in [0.05, 0.1) is 10.9 Å². The summed E-state index contributed by atoms with van der Waals surface area (Å²) in [5.41, 5.74) is 2.50. The van der Waals surface area contributed by atoms with E-state index in [9.17, 15) is 5.11 Å². The number of hydrogen-bond acceptors (Lipinski definition) is 5. The van der Waals surface area contributed by atoms with Gasteiger partial charge in [0.25, 0.3) is 0 Å². The second kappa shape index (κ2) is 6.67. The molecular weight excluding hydrogens is 344 g/mol. The predicted molar refractivity (Wildman–Crippen MR) is 105 cm³/mol. The Labute approximate surface area is 158 Å². The Kier molecular flexibility index (Phi) is 4.49. The van der Waals surface area contributed by atoms with Crippen molar-refractivity contribution in [2.45, 2.75) is 40.2 Å². The molecule has 3 aromatic rings. The highest BCUT2D eigenvalue weighted by atomic mass is 32.1. The summed E-state index contributed by atoms with van der Waals surface area (Å²) in [5, 5.41) is 15.3. The van der Waals surface area contributed by atoms with Gasteiger partial charge in [-0.3, -0.25) is 4.90 Å². The molecule has 1 N–H and O–H groups in total. The van der Waals surface area contributed by atoms with Crippen LogP contribution in [0.1, 0.15) is 48.1 Å². The van der Waals surface area contributed by atoms with E-state index in [1.165, 1.54) is 17.5 Å². The van der Waals surface area contributed by atoms with Gasteiger partial charge in [-0.25, -0.2) is 4.98 Å². The highest BCUT2D eigenvalue weighted by molar-refractivity contribution is 7.17. The molecule has 1 aliphatic rings. The van der Waals surface area contributed by atoms with E-state index < -0.39 is 0 Å². The van der Waals surface area contributed by atoms with Gasteiger partial charge in [0, 0.05) is 13.1 Å². The lowest BCUT2D eigenvalue weighted by Crippen LogP contribution is -2.41. The number of rotatable bonds is 3. The molecule has 1 aliphatic heterocycles. The molecule has 2 aromatic heterocycles. The van der Waals surface area contributed by atoms with Gasteiger partial charge in [-0.05, 0) is 43.2 Å². The number of nitrogens with zero attached hydrogens (tertiary/aromatic N) is 4. The normalized spacial score (nSPS) is 22.8. The van der Waals surface area contributed by atoms with Crippen LogP contribution in [0.4, 0.5) is 0 Å². The maximum Gasteiger partial charge on any atom is 0.230 e. The van der Waals surface area contributed by atoms with Crippen molar-refractivity contribution in [2.24, 2.45) is 11.8 Å². The molecule has 5 nitrogen and oxygen atoms in total. The maximum absolute atomic E-state index is 10.9. The third-order valence-corrected chi connectivity index (χ3v) is 6.37. The SMILES string of the molecule is Cc1nc2sc([C@@H](c3ccccc3C)N3C[C@@H](C)C[C@H](C)C3)c(O)n2n1. The minimum atomic E-state index is 0.0372. The molecule has 0 radical (unpaired) electrons. The Bertz CT molecular complexity index is 921. The molecule has 0 unspecified atom stereocenters. The fourth-order valence-electron chi connectivity index (χ4n) is 4.35. The first-order valence-corrected chi connectivity index (χ1v) is 10.1. The Hall–Kier alpha value is -1.92. The number of thiazole rings is 1. The summed E-state index contributed by atoms with van der Waals surface area (Å²) in [5.74, 6) is 2.21. The van der Waals surface area contributed by atoms with Crippen LogP contribution in [0.25, 0.3) is 4.96 Å². The van der Waals surface area contributed by atoms with E-state index in [2.05, 4.69) is 60.0 Å². The molecule has 0 spiro atoms. The third-order valence-electron chi connectivity index (χ3n) is 5.30. The Morgan fingerprint density at radius 3 is 2.50 bits per heavy atom. The lowest BCUT2D eigenvalue weighted by molar-refractivity contribution is 0.111. The van der Waals surface area contributed by atoms with Crippen LogP contribution in [0.2, 0.25) is 0 Å². The number of fused-ring (bicyclic) bond motifs is 1. The zero-order valence-corrected chi connectivity index (χ0v) is 16.6. The van der Waals surface area contributed by atoms with Gasteiger partial charge >= 0.3 is 0 Å². The van der Waals surface area contributed by atoms with E-state index in [0.29, 0.717) is 17.7 Å². The first-order valence-electron chi connectivity index (χ1n) is 9.28. The van der Waals surface area contributed by atoms with Crippen LogP contribution in [-0.4, -0.2) is 37.7 Å². The standard InChI is InChI=1S/C20H26N4OS/c1-12-9-13(2)11-23(10-12)17(16-8-6-5-7-14(16)3)18-19(25)24-20(26-18)21-15(4)22-24/h5-8,12-13,17,25H,9-11H2,1-4H3/t12-,13-,17+/m0/s1. The lowest BCUT2D eigenvalue weighted by atomic mass is 9.88. The summed E-state index contributed by atoms with van der Waals surface area (Å²) < 4.78 is 1.58.